The summed E-state index contributed by atoms with van der Waals surface area (Å²) < 4.78 is 16.1. The maximum Gasteiger partial charge on any atom is 0.161 e. The van der Waals surface area contributed by atoms with E-state index in [1.165, 1.54) is 0 Å². The molecular weight excluding hydrogens is 194 g/mol. The third-order valence-electron chi connectivity index (χ3n) is 2.42. The van der Waals surface area contributed by atoms with Crippen LogP contribution in [0, 0.1) is 0 Å². The summed E-state index contributed by atoms with van der Waals surface area (Å²) in [5, 5.41) is 0. The van der Waals surface area contributed by atoms with Crippen LogP contribution < -0.4 is 15.2 Å². The van der Waals surface area contributed by atoms with Crippen molar-refractivity contribution in [1.29, 1.82) is 0 Å². The van der Waals surface area contributed by atoms with Crippen molar-refractivity contribution in [3.63, 3.8) is 0 Å². The summed E-state index contributed by atoms with van der Waals surface area (Å²) in [4.78, 5) is 0. The van der Waals surface area contributed by atoms with E-state index in [-0.39, 0.29) is 12.1 Å². The number of methoxy groups -OCH3 is 1. The molecule has 0 aromatic heterocycles. The molecule has 0 amide bonds. The molecule has 2 atom stereocenters. The van der Waals surface area contributed by atoms with Gasteiger partial charge >= 0.3 is 0 Å². The first-order valence-electron chi connectivity index (χ1n) is 4.94. The van der Waals surface area contributed by atoms with Gasteiger partial charge in [-0.25, -0.2) is 0 Å². The molecule has 1 aromatic carbocycles. The van der Waals surface area contributed by atoms with Gasteiger partial charge in [0.2, 0.25) is 0 Å². The van der Waals surface area contributed by atoms with Crippen LogP contribution in [0.5, 0.6) is 11.5 Å². The zero-order valence-electron chi connectivity index (χ0n) is 8.68. The third-order valence-corrected chi connectivity index (χ3v) is 2.42. The number of para-hydroxylation sites is 2. The second-order valence-corrected chi connectivity index (χ2v) is 3.51. The summed E-state index contributed by atoms with van der Waals surface area (Å²) in [6.07, 6.45) is -0.0821. The standard InChI is InChI=1S/C11H15NO3/c1-13-9-4-2-3-5-10(9)15-11-7-14-6-8(11)12/h2-5,8,11H,6-7,12H2,1H3/t8-,11-/m0/s1. The summed E-state index contributed by atoms with van der Waals surface area (Å²) in [6, 6.07) is 7.46. The van der Waals surface area contributed by atoms with E-state index in [1.807, 2.05) is 24.3 Å². The average Bonchev–Trinajstić information content (AvgIpc) is 2.65. The van der Waals surface area contributed by atoms with Gasteiger partial charge in [0.1, 0.15) is 6.10 Å². The Morgan fingerprint density at radius 1 is 1.27 bits per heavy atom. The predicted octanol–water partition coefficient (Wildman–Crippen LogP) is 0.800. The van der Waals surface area contributed by atoms with Crippen LogP contribution in [0.2, 0.25) is 0 Å². The molecule has 15 heavy (non-hydrogen) atoms. The Hall–Kier alpha value is -1.26. The molecule has 0 unspecified atom stereocenters. The first-order valence-corrected chi connectivity index (χ1v) is 4.94. The van der Waals surface area contributed by atoms with Crippen molar-refractivity contribution in [2.75, 3.05) is 20.3 Å². The number of ether oxygens (including phenoxy) is 3. The Morgan fingerprint density at radius 2 is 2.00 bits per heavy atom. The highest BCUT2D eigenvalue weighted by Crippen LogP contribution is 2.27. The zero-order chi connectivity index (χ0) is 10.7. The van der Waals surface area contributed by atoms with Crippen LogP contribution in [0.4, 0.5) is 0 Å². The van der Waals surface area contributed by atoms with E-state index in [0.717, 1.165) is 5.75 Å². The van der Waals surface area contributed by atoms with Crippen LogP contribution >= 0.6 is 0 Å². The highest BCUT2D eigenvalue weighted by Gasteiger charge is 2.27. The fourth-order valence-corrected chi connectivity index (χ4v) is 1.55. The van der Waals surface area contributed by atoms with Crippen LogP contribution in [0.3, 0.4) is 0 Å². The minimum Gasteiger partial charge on any atom is -0.493 e. The molecule has 1 aliphatic rings. The Labute approximate surface area is 88.9 Å². The number of hydrogen-bond acceptors (Lipinski definition) is 4. The molecule has 0 saturated carbocycles. The molecule has 0 spiro atoms. The van der Waals surface area contributed by atoms with E-state index >= 15 is 0 Å². The van der Waals surface area contributed by atoms with Gasteiger partial charge in [-0.1, -0.05) is 12.1 Å². The van der Waals surface area contributed by atoms with Crippen molar-refractivity contribution in [3.8, 4) is 11.5 Å². The van der Waals surface area contributed by atoms with Crippen molar-refractivity contribution in [2.24, 2.45) is 5.73 Å². The van der Waals surface area contributed by atoms with Crippen LogP contribution in [0.15, 0.2) is 24.3 Å². The van der Waals surface area contributed by atoms with Gasteiger partial charge in [0.15, 0.2) is 11.5 Å². The molecule has 0 bridgehead atoms. The summed E-state index contributed by atoms with van der Waals surface area (Å²) >= 11 is 0. The smallest absolute Gasteiger partial charge is 0.161 e. The Bertz CT molecular complexity index is 329. The van der Waals surface area contributed by atoms with E-state index in [1.54, 1.807) is 7.11 Å². The van der Waals surface area contributed by atoms with Gasteiger partial charge in [-0.3, -0.25) is 0 Å². The second kappa shape index (κ2) is 4.51. The maximum absolute atomic E-state index is 5.83. The molecule has 2 rings (SSSR count). The monoisotopic (exact) mass is 209 g/mol. The third kappa shape index (κ3) is 2.22. The van der Waals surface area contributed by atoms with Gasteiger partial charge in [0.25, 0.3) is 0 Å². The number of benzene rings is 1. The lowest BCUT2D eigenvalue weighted by Gasteiger charge is -2.17. The van der Waals surface area contributed by atoms with E-state index in [2.05, 4.69) is 0 Å². The van der Waals surface area contributed by atoms with Crippen molar-refractivity contribution < 1.29 is 14.2 Å². The fourth-order valence-electron chi connectivity index (χ4n) is 1.55. The van der Waals surface area contributed by atoms with Crippen molar-refractivity contribution in [2.45, 2.75) is 12.1 Å². The fraction of sp³-hybridized carbons (Fsp3) is 0.455. The molecule has 1 aromatic rings. The van der Waals surface area contributed by atoms with E-state index in [0.29, 0.717) is 19.0 Å². The largest absolute Gasteiger partial charge is 0.493 e. The minimum atomic E-state index is -0.0821. The van der Waals surface area contributed by atoms with Gasteiger partial charge < -0.3 is 19.9 Å². The molecule has 4 nitrogen and oxygen atoms in total. The lowest BCUT2D eigenvalue weighted by molar-refractivity contribution is 0.137. The maximum atomic E-state index is 5.83. The topological polar surface area (TPSA) is 53.7 Å². The quantitative estimate of drug-likeness (QED) is 0.800. The molecule has 1 saturated heterocycles. The van der Waals surface area contributed by atoms with E-state index in [4.69, 9.17) is 19.9 Å². The van der Waals surface area contributed by atoms with Crippen LogP contribution in [0.1, 0.15) is 0 Å². The molecule has 1 aliphatic heterocycles. The van der Waals surface area contributed by atoms with Crippen LogP contribution in [-0.2, 0) is 4.74 Å². The highest BCUT2D eigenvalue weighted by molar-refractivity contribution is 5.39. The molecule has 1 fully saturated rings. The predicted molar refractivity (Wildman–Crippen MR) is 56.2 cm³/mol. The minimum absolute atomic E-state index is 0.0603. The van der Waals surface area contributed by atoms with Crippen molar-refractivity contribution in [1.82, 2.24) is 0 Å². The van der Waals surface area contributed by atoms with Crippen LogP contribution in [0.25, 0.3) is 0 Å². The van der Waals surface area contributed by atoms with Crippen molar-refractivity contribution in [3.05, 3.63) is 24.3 Å². The molecule has 0 aliphatic carbocycles. The Morgan fingerprint density at radius 3 is 2.60 bits per heavy atom. The molecule has 2 N–H and O–H groups in total. The Kier molecular flexibility index (Phi) is 3.08. The number of rotatable bonds is 3. The van der Waals surface area contributed by atoms with Gasteiger partial charge in [-0.05, 0) is 12.1 Å². The first kappa shape index (κ1) is 10.3. The summed E-state index contributed by atoms with van der Waals surface area (Å²) in [7, 11) is 1.62. The molecule has 0 radical (unpaired) electrons. The number of nitrogens with two attached hydrogens (primary N) is 1. The van der Waals surface area contributed by atoms with Gasteiger partial charge in [0.05, 0.1) is 26.4 Å². The SMILES string of the molecule is COc1ccccc1O[C@H]1COC[C@@H]1N. The molecule has 4 heteroatoms. The number of hydrogen-bond donors (Lipinski definition) is 1. The van der Waals surface area contributed by atoms with Gasteiger partial charge in [-0.15, -0.1) is 0 Å². The zero-order valence-corrected chi connectivity index (χ0v) is 8.68. The highest BCUT2D eigenvalue weighted by atomic mass is 16.6. The summed E-state index contributed by atoms with van der Waals surface area (Å²) in [5.41, 5.74) is 5.83. The van der Waals surface area contributed by atoms with Crippen LogP contribution in [-0.4, -0.2) is 32.5 Å². The Balaban J connectivity index is 2.09. The van der Waals surface area contributed by atoms with E-state index < -0.39 is 0 Å². The second-order valence-electron chi connectivity index (χ2n) is 3.51. The van der Waals surface area contributed by atoms with E-state index in [9.17, 15) is 0 Å². The normalized spacial score (nSPS) is 25.2. The average molecular weight is 209 g/mol. The van der Waals surface area contributed by atoms with Crippen molar-refractivity contribution >= 4 is 0 Å². The van der Waals surface area contributed by atoms with Gasteiger partial charge in [0, 0.05) is 0 Å². The molecular formula is C11H15NO3. The lowest BCUT2D eigenvalue weighted by Crippen LogP contribution is -2.37. The lowest BCUT2D eigenvalue weighted by atomic mass is 10.2. The van der Waals surface area contributed by atoms with Gasteiger partial charge in [-0.2, -0.15) is 0 Å². The molecule has 82 valence electrons. The summed E-state index contributed by atoms with van der Waals surface area (Å²) in [5.74, 6) is 1.43. The molecule has 1 heterocycles. The summed E-state index contributed by atoms with van der Waals surface area (Å²) in [6.45, 7) is 1.10. The first-order chi connectivity index (χ1) is 7.31.